The molecule has 0 saturated heterocycles. The Labute approximate surface area is 139 Å². The van der Waals surface area contributed by atoms with Crippen molar-refractivity contribution in [2.24, 2.45) is 0 Å². The van der Waals surface area contributed by atoms with Gasteiger partial charge < -0.3 is 4.90 Å². The van der Waals surface area contributed by atoms with Gasteiger partial charge in [-0.2, -0.15) is 0 Å². The van der Waals surface area contributed by atoms with Crippen LogP contribution in [0.1, 0.15) is 22.2 Å². The minimum atomic E-state index is 0.0848. The first-order chi connectivity index (χ1) is 9.11. The Morgan fingerprint density at radius 1 is 1.42 bits per heavy atom. The highest BCUT2D eigenvalue weighted by Gasteiger charge is 2.17. The van der Waals surface area contributed by atoms with Crippen LogP contribution in [0.2, 0.25) is 0 Å². The molecule has 100 valence electrons. The Balaban J connectivity index is 2.23. The highest BCUT2D eigenvalue weighted by atomic mass is 127. The van der Waals surface area contributed by atoms with Crippen LogP contribution in [0.15, 0.2) is 40.2 Å². The van der Waals surface area contributed by atoms with Gasteiger partial charge in [-0.1, -0.05) is 22.0 Å². The molecule has 1 aromatic carbocycles. The maximum Gasteiger partial charge on any atom is 0.255 e. The molecule has 0 aliphatic carbocycles. The predicted octanol–water partition coefficient (Wildman–Crippen LogP) is 4.78. The average Bonchev–Trinajstić information content (AvgIpc) is 2.91. The predicted molar refractivity (Wildman–Crippen MR) is 91.6 cm³/mol. The number of hydrogen-bond donors (Lipinski definition) is 0. The largest absolute Gasteiger partial charge is 0.334 e. The molecule has 0 radical (unpaired) electrons. The van der Waals surface area contributed by atoms with E-state index < -0.39 is 0 Å². The number of hydrogen-bond acceptors (Lipinski definition) is 2. The summed E-state index contributed by atoms with van der Waals surface area (Å²) in [6.45, 7) is 3.39. The number of carbonyl (C=O) groups is 1. The second kappa shape index (κ2) is 6.85. The molecular weight excluding hydrogens is 437 g/mol. The summed E-state index contributed by atoms with van der Waals surface area (Å²) in [6, 6.07) is 9.87. The molecule has 0 aliphatic heterocycles. The first-order valence-electron chi connectivity index (χ1n) is 5.88. The molecular formula is C14H13BrINOS. The van der Waals surface area contributed by atoms with Gasteiger partial charge in [-0.05, 0) is 59.2 Å². The SMILES string of the molecule is CCN(Cc1cccs1)C(=O)c1cc(Br)ccc1I. The van der Waals surface area contributed by atoms with Crippen LogP contribution >= 0.6 is 49.9 Å². The van der Waals surface area contributed by atoms with Crippen molar-refractivity contribution in [1.29, 1.82) is 0 Å². The summed E-state index contributed by atoms with van der Waals surface area (Å²) >= 11 is 7.31. The molecule has 2 aromatic rings. The molecule has 2 nitrogen and oxygen atoms in total. The van der Waals surface area contributed by atoms with Gasteiger partial charge in [0.05, 0.1) is 12.1 Å². The van der Waals surface area contributed by atoms with Gasteiger partial charge in [0.1, 0.15) is 0 Å². The second-order valence-electron chi connectivity index (χ2n) is 4.02. The summed E-state index contributed by atoms with van der Waals surface area (Å²) in [7, 11) is 0. The fourth-order valence-corrected chi connectivity index (χ4v) is 3.40. The number of benzene rings is 1. The van der Waals surface area contributed by atoms with Gasteiger partial charge in [-0.3, -0.25) is 4.79 Å². The van der Waals surface area contributed by atoms with Crippen molar-refractivity contribution >= 4 is 55.8 Å². The van der Waals surface area contributed by atoms with Crippen molar-refractivity contribution in [3.8, 4) is 0 Å². The lowest BCUT2D eigenvalue weighted by Crippen LogP contribution is -2.30. The van der Waals surface area contributed by atoms with Gasteiger partial charge in [-0.25, -0.2) is 0 Å². The lowest BCUT2D eigenvalue weighted by atomic mass is 10.2. The van der Waals surface area contributed by atoms with E-state index in [0.29, 0.717) is 13.1 Å². The molecule has 0 aliphatic rings. The quantitative estimate of drug-likeness (QED) is 0.615. The lowest BCUT2D eigenvalue weighted by Gasteiger charge is -2.21. The van der Waals surface area contributed by atoms with Crippen molar-refractivity contribution < 1.29 is 4.79 Å². The fraction of sp³-hybridized carbons (Fsp3) is 0.214. The number of amides is 1. The monoisotopic (exact) mass is 449 g/mol. The second-order valence-corrected chi connectivity index (χ2v) is 7.13. The van der Waals surface area contributed by atoms with Gasteiger partial charge in [-0.15, -0.1) is 11.3 Å². The zero-order valence-corrected chi connectivity index (χ0v) is 15.0. The van der Waals surface area contributed by atoms with Crippen LogP contribution in [-0.4, -0.2) is 17.4 Å². The zero-order chi connectivity index (χ0) is 13.8. The number of halogens is 2. The van der Waals surface area contributed by atoms with Crippen molar-refractivity contribution in [3.63, 3.8) is 0 Å². The normalized spacial score (nSPS) is 10.5. The van der Waals surface area contributed by atoms with Gasteiger partial charge in [0.2, 0.25) is 0 Å². The van der Waals surface area contributed by atoms with Gasteiger partial charge in [0, 0.05) is 19.5 Å². The molecule has 0 N–H and O–H groups in total. The van der Waals surface area contributed by atoms with Crippen LogP contribution in [0.25, 0.3) is 0 Å². The first kappa shape index (κ1) is 15.0. The number of carbonyl (C=O) groups excluding carboxylic acids is 1. The maximum atomic E-state index is 12.6. The third kappa shape index (κ3) is 3.79. The maximum absolute atomic E-state index is 12.6. The Hall–Kier alpha value is -0.400. The van der Waals surface area contributed by atoms with Crippen molar-refractivity contribution in [2.75, 3.05) is 6.54 Å². The molecule has 0 fully saturated rings. The molecule has 5 heteroatoms. The smallest absolute Gasteiger partial charge is 0.255 e. The van der Waals surface area contributed by atoms with Crippen molar-refractivity contribution in [2.45, 2.75) is 13.5 Å². The highest BCUT2D eigenvalue weighted by Crippen LogP contribution is 2.21. The van der Waals surface area contributed by atoms with Crippen LogP contribution in [-0.2, 0) is 6.54 Å². The van der Waals surface area contributed by atoms with E-state index in [-0.39, 0.29) is 5.91 Å². The molecule has 0 bridgehead atoms. The summed E-state index contributed by atoms with van der Waals surface area (Å²) in [5.74, 6) is 0.0848. The van der Waals surface area contributed by atoms with Crippen LogP contribution < -0.4 is 0 Å². The van der Waals surface area contributed by atoms with Gasteiger partial charge >= 0.3 is 0 Å². The molecule has 0 atom stereocenters. The van der Waals surface area contributed by atoms with E-state index in [0.717, 1.165) is 13.6 Å². The minimum Gasteiger partial charge on any atom is -0.334 e. The summed E-state index contributed by atoms with van der Waals surface area (Å²) in [6.07, 6.45) is 0. The van der Waals surface area contributed by atoms with E-state index in [4.69, 9.17) is 0 Å². The number of nitrogens with zero attached hydrogens (tertiary/aromatic N) is 1. The average molecular weight is 450 g/mol. The molecule has 19 heavy (non-hydrogen) atoms. The Bertz CT molecular complexity index is 571. The van der Waals surface area contributed by atoms with Crippen LogP contribution in [0.4, 0.5) is 0 Å². The molecule has 1 aromatic heterocycles. The van der Waals surface area contributed by atoms with Crippen LogP contribution in [0.5, 0.6) is 0 Å². The van der Waals surface area contributed by atoms with Crippen molar-refractivity contribution in [3.05, 3.63) is 54.2 Å². The molecule has 2 rings (SSSR count). The Morgan fingerprint density at radius 2 is 2.21 bits per heavy atom. The summed E-state index contributed by atoms with van der Waals surface area (Å²) in [5, 5.41) is 2.04. The zero-order valence-electron chi connectivity index (χ0n) is 10.4. The van der Waals surface area contributed by atoms with Gasteiger partial charge in [0.25, 0.3) is 5.91 Å². The van der Waals surface area contributed by atoms with E-state index in [2.05, 4.69) is 44.6 Å². The summed E-state index contributed by atoms with van der Waals surface area (Å²) in [4.78, 5) is 15.7. The fourth-order valence-electron chi connectivity index (χ4n) is 1.75. The minimum absolute atomic E-state index is 0.0848. The Kier molecular flexibility index (Phi) is 5.41. The molecule has 1 amide bonds. The van der Waals surface area contributed by atoms with Gasteiger partial charge in [0.15, 0.2) is 0 Å². The summed E-state index contributed by atoms with van der Waals surface area (Å²) in [5.41, 5.74) is 0.758. The topological polar surface area (TPSA) is 20.3 Å². The van der Waals surface area contributed by atoms with E-state index >= 15 is 0 Å². The number of rotatable bonds is 4. The highest BCUT2D eigenvalue weighted by molar-refractivity contribution is 14.1. The molecule has 0 unspecified atom stereocenters. The molecule has 0 spiro atoms. The Morgan fingerprint density at radius 3 is 2.84 bits per heavy atom. The van der Waals surface area contributed by atoms with E-state index in [1.54, 1.807) is 11.3 Å². The van der Waals surface area contributed by atoms with E-state index in [9.17, 15) is 4.79 Å². The lowest BCUT2D eigenvalue weighted by molar-refractivity contribution is 0.0753. The van der Waals surface area contributed by atoms with E-state index in [1.165, 1.54) is 4.88 Å². The van der Waals surface area contributed by atoms with E-state index in [1.807, 2.05) is 41.5 Å². The summed E-state index contributed by atoms with van der Waals surface area (Å²) < 4.78 is 1.92. The molecule has 0 saturated carbocycles. The first-order valence-corrected chi connectivity index (χ1v) is 8.63. The molecule has 1 heterocycles. The van der Waals surface area contributed by atoms with Crippen LogP contribution in [0.3, 0.4) is 0 Å². The third-order valence-corrected chi connectivity index (χ3v) is 5.05. The number of thiophene rings is 1. The van der Waals surface area contributed by atoms with Crippen LogP contribution in [0, 0.1) is 3.57 Å². The van der Waals surface area contributed by atoms with Crippen molar-refractivity contribution in [1.82, 2.24) is 4.90 Å². The standard InChI is InChI=1S/C14H13BrINOS/c1-2-17(9-11-4-3-7-19-11)14(18)12-8-10(15)5-6-13(12)16/h3-8H,2,9H2,1H3. The third-order valence-electron chi connectivity index (χ3n) is 2.75.